The van der Waals surface area contributed by atoms with Crippen molar-refractivity contribution < 1.29 is 23.1 Å². The SMILES string of the molecule is CC(C)P1(=O)c2ccccc2C2(c3ccccc3-c3cc(CC(C)P4(=O)c5ccccc5C(=O)c5ccc[n+](-c6ccccc6)c54)ccc32)c2ccc[n+](-c3ccccc3)c21. The Labute approximate surface area is 356 Å². The van der Waals surface area contributed by atoms with Gasteiger partial charge in [0.1, 0.15) is 0 Å². The number of carbonyl (C=O) groups excluding carboxylic acids is 1. The maximum Gasteiger partial charge on any atom is 0.261 e. The van der Waals surface area contributed by atoms with Crippen LogP contribution in [-0.2, 0) is 21.0 Å². The normalized spacial score (nSPS) is 20.9. The van der Waals surface area contributed by atoms with Crippen molar-refractivity contribution in [2.75, 3.05) is 0 Å². The van der Waals surface area contributed by atoms with E-state index in [-0.39, 0.29) is 17.1 Å². The molecule has 4 atom stereocenters. The molecule has 0 fully saturated rings. The molecule has 0 saturated carbocycles. The van der Waals surface area contributed by atoms with E-state index in [1.807, 2.05) is 102 Å². The molecule has 1 aliphatic carbocycles. The molecule has 0 bridgehead atoms. The smallest absolute Gasteiger partial charge is 0.261 e. The lowest BCUT2D eigenvalue weighted by atomic mass is 9.67. The number of rotatable bonds is 6. The predicted octanol–water partition coefficient (Wildman–Crippen LogP) is 9.13. The van der Waals surface area contributed by atoms with Crippen LogP contribution in [0.25, 0.3) is 22.5 Å². The minimum absolute atomic E-state index is 0.0994. The first-order chi connectivity index (χ1) is 29.7. The Bertz CT molecular complexity index is 3220. The maximum atomic E-state index is 16.3. The summed E-state index contributed by atoms with van der Waals surface area (Å²) in [6.07, 6.45) is 4.52. The van der Waals surface area contributed by atoms with Crippen LogP contribution in [0.1, 0.15) is 64.5 Å². The molecular formula is C54H44N2O3P2+2. The van der Waals surface area contributed by atoms with Crippen molar-refractivity contribution in [2.45, 2.75) is 43.9 Å². The number of ketones is 1. The monoisotopic (exact) mass is 830 g/mol. The lowest BCUT2D eigenvalue weighted by Crippen LogP contribution is -2.57. The van der Waals surface area contributed by atoms with E-state index in [4.69, 9.17) is 0 Å². The summed E-state index contributed by atoms with van der Waals surface area (Å²) in [6.45, 7) is 6.27. The van der Waals surface area contributed by atoms with Crippen LogP contribution in [0.5, 0.6) is 0 Å². The van der Waals surface area contributed by atoms with Crippen molar-refractivity contribution in [3.63, 3.8) is 0 Å². The summed E-state index contributed by atoms with van der Waals surface area (Å²) < 4.78 is 36.6. The van der Waals surface area contributed by atoms with Gasteiger partial charge in [-0.1, -0.05) is 148 Å². The fourth-order valence-electron chi connectivity index (χ4n) is 10.8. The Morgan fingerprint density at radius 3 is 1.69 bits per heavy atom. The lowest BCUT2D eigenvalue weighted by molar-refractivity contribution is -0.577. The first-order valence-electron chi connectivity index (χ1n) is 21.1. The molecule has 0 N–H and O–H groups in total. The topological polar surface area (TPSA) is 59.0 Å². The van der Waals surface area contributed by atoms with Crippen molar-refractivity contribution in [1.29, 1.82) is 0 Å². The van der Waals surface area contributed by atoms with Gasteiger partial charge in [0.05, 0.1) is 11.0 Å². The van der Waals surface area contributed by atoms with E-state index in [2.05, 4.69) is 116 Å². The van der Waals surface area contributed by atoms with Crippen LogP contribution in [0.15, 0.2) is 188 Å². The van der Waals surface area contributed by atoms with E-state index in [9.17, 15) is 4.79 Å². The number of nitrogens with zero attached hydrogens (tertiary/aromatic N) is 2. The second kappa shape index (κ2) is 13.9. The summed E-state index contributed by atoms with van der Waals surface area (Å²) in [7, 11) is -6.65. The van der Waals surface area contributed by atoms with Crippen LogP contribution in [0.4, 0.5) is 0 Å². The van der Waals surface area contributed by atoms with Crippen LogP contribution in [0.2, 0.25) is 0 Å². The summed E-state index contributed by atoms with van der Waals surface area (Å²) in [5, 5.41) is 1.53. The number of hydrogen-bond donors (Lipinski definition) is 0. The van der Waals surface area contributed by atoms with Gasteiger partial charge in [-0.05, 0) is 51.9 Å². The number of carbonyl (C=O) groups is 1. The molecule has 11 rings (SSSR count). The second-order valence-electron chi connectivity index (χ2n) is 16.9. The van der Waals surface area contributed by atoms with E-state index in [0.29, 0.717) is 28.3 Å². The van der Waals surface area contributed by atoms with Gasteiger partial charge in [0.2, 0.25) is 31.4 Å². The molecule has 0 amide bonds. The van der Waals surface area contributed by atoms with Gasteiger partial charge in [-0.2, -0.15) is 9.13 Å². The molecule has 1 spiro atoms. The summed E-state index contributed by atoms with van der Waals surface area (Å²) in [4.78, 5) is 14.2. The molecule has 0 radical (unpaired) electrons. The first-order valence-corrected chi connectivity index (χ1v) is 24.6. The van der Waals surface area contributed by atoms with Crippen molar-refractivity contribution in [3.8, 4) is 22.5 Å². The van der Waals surface area contributed by atoms with E-state index in [1.54, 1.807) is 0 Å². The molecule has 296 valence electrons. The number of para-hydroxylation sites is 2. The third kappa shape index (κ3) is 5.12. The standard InChI is InChI=1S/C54H44N2O3P2/c1-36(2)60(58)50-29-15-13-26-47(50)54(48-27-17-33-56(53(48)60)40-20-8-5-9-21-40)45-25-12-10-22-41(45)44-35-38(30-31-46(44)54)34-37(3)61(59)49-28-14-11-23-42(49)51(57)43-24-16-32-55(52(43)61)39-18-6-4-7-19-39/h4-33,35-37H,34H2,1-3H3/q+2. The second-order valence-corrected chi connectivity index (χ2v) is 23.3. The van der Waals surface area contributed by atoms with Crippen molar-refractivity contribution in [2.24, 2.45) is 0 Å². The van der Waals surface area contributed by atoms with Gasteiger partial charge in [-0.15, -0.1) is 0 Å². The molecule has 2 aliphatic heterocycles. The number of fused-ring (bicyclic) bond motifs is 11. The van der Waals surface area contributed by atoms with Crippen LogP contribution >= 0.6 is 14.3 Å². The summed E-state index contributed by atoms with van der Waals surface area (Å²) in [5.74, 6) is -0.0994. The quantitative estimate of drug-likeness (QED) is 0.124. The Balaban J connectivity index is 1.12. The fraction of sp³-hybridized carbons (Fsp3) is 0.130. The van der Waals surface area contributed by atoms with Crippen LogP contribution in [-0.4, -0.2) is 17.1 Å². The number of aromatic nitrogens is 2. The van der Waals surface area contributed by atoms with Crippen LogP contribution in [0.3, 0.4) is 0 Å². The summed E-state index contributed by atoms with van der Waals surface area (Å²) >= 11 is 0. The Morgan fingerprint density at radius 2 is 1.00 bits per heavy atom. The highest BCUT2D eigenvalue weighted by molar-refractivity contribution is 7.79. The van der Waals surface area contributed by atoms with E-state index >= 15 is 9.13 Å². The molecule has 6 aromatic carbocycles. The summed E-state index contributed by atoms with van der Waals surface area (Å²) in [5.41, 5.74) is 10.8. The molecule has 4 unspecified atom stereocenters. The zero-order valence-electron chi connectivity index (χ0n) is 34.3. The zero-order valence-corrected chi connectivity index (χ0v) is 36.1. The number of benzene rings is 6. The Morgan fingerprint density at radius 1 is 0.475 bits per heavy atom. The minimum Gasteiger partial charge on any atom is -0.307 e. The van der Waals surface area contributed by atoms with Crippen molar-refractivity contribution in [1.82, 2.24) is 0 Å². The Hall–Kier alpha value is -6.25. The van der Waals surface area contributed by atoms with E-state index in [0.717, 1.165) is 61.1 Å². The molecule has 4 heterocycles. The van der Waals surface area contributed by atoms with Crippen LogP contribution in [0, 0.1) is 0 Å². The molecule has 0 saturated heterocycles. The number of hydrogen-bond acceptors (Lipinski definition) is 3. The average Bonchev–Trinajstić information content (AvgIpc) is 3.60. The predicted molar refractivity (Wildman–Crippen MR) is 245 cm³/mol. The molecule has 61 heavy (non-hydrogen) atoms. The van der Waals surface area contributed by atoms with Crippen molar-refractivity contribution in [3.05, 3.63) is 227 Å². The van der Waals surface area contributed by atoms with Gasteiger partial charge >= 0.3 is 0 Å². The minimum atomic E-state index is -3.45. The third-order valence-corrected chi connectivity index (χ3v) is 20.7. The molecule has 5 nitrogen and oxygen atoms in total. The highest BCUT2D eigenvalue weighted by Crippen LogP contribution is 2.63. The van der Waals surface area contributed by atoms with Gasteiger partial charge < -0.3 is 9.13 Å². The molecule has 7 heteroatoms. The molecule has 3 aliphatic rings. The molecule has 2 aromatic heterocycles. The molecule has 8 aromatic rings. The largest absolute Gasteiger partial charge is 0.307 e. The first kappa shape index (κ1) is 37.7. The Kier molecular flexibility index (Phi) is 8.59. The third-order valence-electron chi connectivity index (χ3n) is 13.4. The van der Waals surface area contributed by atoms with E-state index in [1.165, 1.54) is 0 Å². The van der Waals surface area contributed by atoms with Gasteiger partial charge in [0, 0.05) is 69.5 Å². The van der Waals surface area contributed by atoms with Gasteiger partial charge in [-0.3, -0.25) is 4.79 Å². The van der Waals surface area contributed by atoms with Gasteiger partial charge in [-0.25, -0.2) is 0 Å². The number of pyridine rings is 2. The maximum absolute atomic E-state index is 16.3. The van der Waals surface area contributed by atoms with Gasteiger partial charge in [0.25, 0.3) is 10.9 Å². The zero-order chi connectivity index (χ0) is 41.7. The molecular weight excluding hydrogens is 787 g/mol. The van der Waals surface area contributed by atoms with E-state index < -0.39 is 19.7 Å². The fourth-order valence-corrected chi connectivity index (χ4v) is 17.5. The highest BCUT2D eigenvalue weighted by Gasteiger charge is 2.59. The summed E-state index contributed by atoms with van der Waals surface area (Å²) in [6, 6.07) is 59.6. The van der Waals surface area contributed by atoms with Gasteiger partial charge in [0.15, 0.2) is 12.4 Å². The average molecular weight is 831 g/mol. The van der Waals surface area contributed by atoms with Crippen molar-refractivity contribution >= 4 is 41.5 Å². The lowest BCUT2D eigenvalue weighted by Gasteiger charge is -2.41. The van der Waals surface area contributed by atoms with Crippen LogP contribution < -0.4 is 30.6 Å². The highest BCUT2D eigenvalue weighted by atomic mass is 31.2.